The van der Waals surface area contributed by atoms with E-state index in [1.165, 1.54) is 0 Å². The highest BCUT2D eigenvalue weighted by Crippen LogP contribution is 2.62. The lowest BCUT2D eigenvalue weighted by atomic mass is 9.91. The summed E-state index contributed by atoms with van der Waals surface area (Å²) in [7, 11) is 0. The van der Waals surface area contributed by atoms with E-state index < -0.39 is 48.1 Å². The average Bonchev–Trinajstić information content (AvgIpc) is 2.35. The number of alkyl halides is 17. The van der Waals surface area contributed by atoms with Gasteiger partial charge in [0.15, 0.2) is 0 Å². The highest BCUT2D eigenvalue weighted by molar-refractivity contribution is 14.0. The molecule has 0 fully saturated rings. The van der Waals surface area contributed by atoms with E-state index in [9.17, 15) is 74.6 Å². The van der Waals surface area contributed by atoms with Crippen molar-refractivity contribution in [2.45, 2.75) is 48.1 Å². The fourth-order valence-corrected chi connectivity index (χ4v) is 1.12. The molecule has 0 atom stereocenters. The molecule has 19 heteroatoms. The maximum Gasteiger partial charge on any atom is 0.460 e. The summed E-state index contributed by atoms with van der Waals surface area (Å²) in [6.07, 6.45) is -13.6. The number of hydrogen-bond acceptors (Lipinski definition) is 0. The van der Waals surface area contributed by atoms with Crippen LogP contribution in [0.3, 0.4) is 0 Å². The molecule has 0 saturated heterocycles. The van der Waals surface area contributed by atoms with Crippen molar-refractivity contribution in [2.24, 2.45) is 0 Å². The summed E-state index contributed by atoms with van der Waals surface area (Å²) in [5.74, 6) is -49.2. The van der Waals surface area contributed by atoms with Crippen LogP contribution in [0.4, 0.5) is 74.6 Å². The molecule has 0 heterocycles. The summed E-state index contributed by atoms with van der Waals surface area (Å²) >= 11 is 0. The monoisotopic (exact) mass is 676 g/mol. The maximum atomic E-state index is 12.8. The van der Waals surface area contributed by atoms with Crippen molar-refractivity contribution < 1.29 is 74.6 Å². The smallest absolute Gasteiger partial charge is 0.203 e. The van der Waals surface area contributed by atoms with Gasteiger partial charge in [0.25, 0.3) is 0 Å². The molecule has 0 nitrogen and oxygen atoms in total. The fourth-order valence-electron chi connectivity index (χ4n) is 1.12. The molecule has 0 aliphatic carbocycles. The lowest BCUT2D eigenvalue weighted by molar-refractivity contribution is -0.456. The zero-order valence-electron chi connectivity index (χ0n) is 11.3. The summed E-state index contributed by atoms with van der Waals surface area (Å²) in [6.45, 7) is 0. The van der Waals surface area contributed by atoms with E-state index in [-0.39, 0.29) is 48.0 Å². The summed E-state index contributed by atoms with van der Waals surface area (Å²) in [5, 5.41) is 0. The predicted octanol–water partition coefficient (Wildman–Crippen LogP) is 6.86. The van der Waals surface area contributed by atoms with E-state index in [4.69, 9.17) is 0 Å². The first-order chi connectivity index (χ1) is 10.4. The molecule has 0 spiro atoms. The van der Waals surface area contributed by atoms with Crippen molar-refractivity contribution in [1.29, 1.82) is 0 Å². The molecule has 0 rings (SSSR count). The Morgan fingerprint density at radius 3 is 0.815 bits per heavy atom. The number of rotatable bonds is 6. The SMILES string of the molecule is FC(F)C(F)(F)C(F)(F)C(F)(F)C(F)(F)C(F)(F)C(F)(F)C(F)(F)F.I.I. The minimum Gasteiger partial charge on any atom is -0.203 e. The topological polar surface area (TPSA) is 0 Å². The minimum atomic E-state index is -8.54. The third-order valence-corrected chi connectivity index (χ3v) is 2.63. The second kappa shape index (κ2) is 8.19. The predicted molar refractivity (Wildman–Crippen MR) is 72.6 cm³/mol. The summed E-state index contributed by atoms with van der Waals surface area (Å²) in [4.78, 5) is 0. The number of hydrogen-bond donors (Lipinski definition) is 0. The van der Waals surface area contributed by atoms with Gasteiger partial charge in [-0.25, -0.2) is 8.78 Å². The molecule has 0 aromatic carbocycles. The standard InChI is InChI=1S/C8HF17.2HI/c9-1(10)2(11,12)3(13,14)4(15,16)5(17,18)6(19,20)7(21,22)8(23,24)25;;/h1H;2*1H. The molecule has 0 aromatic heterocycles. The van der Waals surface area contributed by atoms with Gasteiger partial charge in [-0.3, -0.25) is 0 Å². The van der Waals surface area contributed by atoms with Gasteiger partial charge in [-0.1, -0.05) is 0 Å². The molecular weight excluding hydrogens is 673 g/mol. The Balaban J connectivity index is -0.00000288. The lowest BCUT2D eigenvalue weighted by Gasteiger charge is -2.41. The largest absolute Gasteiger partial charge is 0.460 e. The van der Waals surface area contributed by atoms with Gasteiger partial charge in [-0.2, -0.15) is 65.9 Å². The third-order valence-electron chi connectivity index (χ3n) is 2.63. The maximum absolute atomic E-state index is 12.8. The molecule has 0 aromatic rings. The Kier molecular flexibility index (Phi) is 9.69. The van der Waals surface area contributed by atoms with E-state index >= 15 is 0 Å². The van der Waals surface area contributed by atoms with Crippen molar-refractivity contribution in [3.63, 3.8) is 0 Å². The summed E-state index contributed by atoms with van der Waals surface area (Å²) in [6, 6.07) is 0. The fraction of sp³-hybridized carbons (Fsp3) is 1.00. The van der Waals surface area contributed by atoms with E-state index in [2.05, 4.69) is 0 Å². The van der Waals surface area contributed by atoms with Crippen LogP contribution in [-0.2, 0) is 0 Å². The van der Waals surface area contributed by atoms with E-state index in [1.54, 1.807) is 0 Å². The van der Waals surface area contributed by atoms with Gasteiger partial charge in [0.2, 0.25) is 0 Å². The first kappa shape index (κ1) is 31.9. The van der Waals surface area contributed by atoms with Crippen LogP contribution in [0.1, 0.15) is 0 Å². The Morgan fingerprint density at radius 2 is 0.593 bits per heavy atom. The van der Waals surface area contributed by atoms with Crippen LogP contribution < -0.4 is 0 Å². The highest BCUT2D eigenvalue weighted by atomic mass is 127. The van der Waals surface area contributed by atoms with Gasteiger partial charge in [0.05, 0.1) is 0 Å². The first-order valence-electron chi connectivity index (χ1n) is 5.06. The zero-order valence-corrected chi connectivity index (χ0v) is 16.0. The summed E-state index contributed by atoms with van der Waals surface area (Å²) in [5.41, 5.74) is 0. The molecular formula is C8H3F17I2. The lowest BCUT2D eigenvalue weighted by Crippen LogP contribution is -2.73. The second-order valence-corrected chi connectivity index (χ2v) is 4.29. The van der Waals surface area contributed by atoms with Crippen LogP contribution in [0.15, 0.2) is 0 Å². The molecule has 0 radical (unpaired) electrons. The molecule has 0 N–H and O–H groups in total. The van der Waals surface area contributed by atoms with Crippen molar-refractivity contribution in [3.8, 4) is 0 Å². The van der Waals surface area contributed by atoms with Crippen LogP contribution >= 0.6 is 48.0 Å². The quantitative estimate of drug-likeness (QED) is 0.213. The van der Waals surface area contributed by atoms with E-state index in [1.807, 2.05) is 0 Å². The second-order valence-electron chi connectivity index (χ2n) is 4.29. The van der Waals surface area contributed by atoms with E-state index in [0.29, 0.717) is 0 Å². The molecule has 0 aliphatic rings. The third kappa shape index (κ3) is 4.26. The molecule has 0 unspecified atom stereocenters. The van der Waals surface area contributed by atoms with Crippen molar-refractivity contribution in [3.05, 3.63) is 0 Å². The summed E-state index contributed by atoms with van der Waals surface area (Å²) < 4.78 is 209. The minimum absolute atomic E-state index is 0. The van der Waals surface area contributed by atoms with E-state index in [0.717, 1.165) is 0 Å². The van der Waals surface area contributed by atoms with Crippen LogP contribution in [-0.4, -0.2) is 48.1 Å². The van der Waals surface area contributed by atoms with Crippen LogP contribution in [0.2, 0.25) is 0 Å². The molecule has 0 aliphatic heterocycles. The van der Waals surface area contributed by atoms with Gasteiger partial charge in [0, 0.05) is 0 Å². The van der Waals surface area contributed by atoms with Crippen molar-refractivity contribution >= 4 is 48.0 Å². The van der Waals surface area contributed by atoms with Gasteiger partial charge in [0.1, 0.15) is 0 Å². The van der Waals surface area contributed by atoms with Crippen LogP contribution in [0, 0.1) is 0 Å². The molecule has 168 valence electrons. The Bertz CT molecular complexity index is 492. The number of halogens is 19. The van der Waals surface area contributed by atoms with Gasteiger partial charge >= 0.3 is 48.1 Å². The molecule has 0 saturated carbocycles. The van der Waals surface area contributed by atoms with Crippen LogP contribution in [0.5, 0.6) is 0 Å². The average molecular weight is 676 g/mol. The molecule has 27 heavy (non-hydrogen) atoms. The Morgan fingerprint density at radius 1 is 0.370 bits per heavy atom. The van der Waals surface area contributed by atoms with Crippen molar-refractivity contribution in [1.82, 2.24) is 0 Å². The first-order valence-corrected chi connectivity index (χ1v) is 5.06. The normalized spacial score (nSPS) is 15.3. The zero-order chi connectivity index (χ0) is 21.1. The Labute approximate surface area is 170 Å². The van der Waals surface area contributed by atoms with Crippen molar-refractivity contribution in [2.75, 3.05) is 0 Å². The van der Waals surface area contributed by atoms with Gasteiger partial charge in [-0.05, 0) is 0 Å². The van der Waals surface area contributed by atoms with Gasteiger partial charge in [-0.15, -0.1) is 48.0 Å². The molecule has 0 bridgehead atoms. The van der Waals surface area contributed by atoms with Crippen LogP contribution in [0.25, 0.3) is 0 Å². The Hall–Kier alpha value is 0.270. The highest BCUT2D eigenvalue weighted by Gasteiger charge is 2.94. The van der Waals surface area contributed by atoms with Gasteiger partial charge < -0.3 is 0 Å². The molecule has 0 amide bonds.